The second kappa shape index (κ2) is 7.53. The number of benzene rings is 2. The molecule has 5 heteroatoms. The van der Waals surface area contributed by atoms with Crippen molar-refractivity contribution in [1.82, 2.24) is 0 Å². The fourth-order valence-electron chi connectivity index (χ4n) is 3.38. The number of hydrogen-bond acceptors (Lipinski definition) is 5. The van der Waals surface area contributed by atoms with Crippen molar-refractivity contribution in [2.75, 3.05) is 5.01 Å². The third-order valence-corrected chi connectivity index (χ3v) is 5.92. The van der Waals surface area contributed by atoms with E-state index in [1.807, 2.05) is 61.5 Å². The SMILES string of the molecule is CCC(=O)C1=NN(c2ccccc2)/C(=C2\CCCc3ccccc3C2=O)S1. The van der Waals surface area contributed by atoms with Gasteiger partial charge >= 0.3 is 0 Å². The van der Waals surface area contributed by atoms with Crippen molar-refractivity contribution in [3.8, 4) is 0 Å². The summed E-state index contributed by atoms with van der Waals surface area (Å²) in [4.78, 5) is 25.6. The van der Waals surface area contributed by atoms with Crippen LogP contribution in [-0.4, -0.2) is 16.6 Å². The predicted octanol–water partition coefficient (Wildman–Crippen LogP) is 4.96. The summed E-state index contributed by atoms with van der Waals surface area (Å²) in [7, 11) is 0. The van der Waals surface area contributed by atoms with Gasteiger partial charge in [0.1, 0.15) is 5.03 Å². The van der Waals surface area contributed by atoms with E-state index in [0.29, 0.717) is 17.9 Å². The third kappa shape index (κ3) is 3.35. The van der Waals surface area contributed by atoms with Crippen molar-refractivity contribution in [2.45, 2.75) is 32.6 Å². The smallest absolute Gasteiger partial charge is 0.191 e. The van der Waals surface area contributed by atoms with Gasteiger partial charge in [0.25, 0.3) is 0 Å². The second-order valence-electron chi connectivity index (χ2n) is 6.55. The number of hydrogen-bond donors (Lipinski definition) is 0. The Bertz CT molecular complexity index is 963. The van der Waals surface area contributed by atoms with Gasteiger partial charge in [0.2, 0.25) is 0 Å². The van der Waals surface area contributed by atoms with Crippen molar-refractivity contribution in [3.63, 3.8) is 0 Å². The number of ketones is 2. The lowest BCUT2D eigenvalue weighted by molar-refractivity contribution is -0.112. The molecule has 0 aromatic heterocycles. The van der Waals surface area contributed by atoms with E-state index >= 15 is 0 Å². The van der Waals surface area contributed by atoms with Crippen molar-refractivity contribution in [3.05, 3.63) is 76.3 Å². The van der Waals surface area contributed by atoms with Gasteiger partial charge in [-0.15, -0.1) is 0 Å². The molecule has 0 saturated carbocycles. The third-order valence-electron chi connectivity index (χ3n) is 4.80. The van der Waals surface area contributed by atoms with Crippen molar-refractivity contribution in [2.24, 2.45) is 5.10 Å². The molecule has 0 N–H and O–H groups in total. The van der Waals surface area contributed by atoms with Crippen molar-refractivity contribution in [1.29, 1.82) is 0 Å². The number of rotatable bonds is 3. The summed E-state index contributed by atoms with van der Waals surface area (Å²) < 4.78 is 0. The maximum absolute atomic E-state index is 13.3. The maximum Gasteiger partial charge on any atom is 0.191 e. The quantitative estimate of drug-likeness (QED) is 0.561. The molecule has 1 aliphatic carbocycles. The number of thioether (sulfide) groups is 1. The van der Waals surface area contributed by atoms with Crippen LogP contribution in [0.1, 0.15) is 42.1 Å². The molecular weight excluding hydrogens is 356 g/mol. The van der Waals surface area contributed by atoms with Gasteiger partial charge in [0.15, 0.2) is 16.6 Å². The predicted molar refractivity (Wildman–Crippen MR) is 110 cm³/mol. The summed E-state index contributed by atoms with van der Waals surface area (Å²) in [6.45, 7) is 1.83. The highest BCUT2D eigenvalue weighted by atomic mass is 32.2. The van der Waals surface area contributed by atoms with Gasteiger partial charge in [0, 0.05) is 17.6 Å². The van der Waals surface area contributed by atoms with Gasteiger partial charge in [-0.05, 0) is 48.7 Å². The van der Waals surface area contributed by atoms with E-state index in [4.69, 9.17) is 0 Å². The van der Waals surface area contributed by atoms with Gasteiger partial charge in [-0.25, -0.2) is 5.01 Å². The van der Waals surface area contributed by atoms with E-state index in [9.17, 15) is 9.59 Å². The number of hydrazone groups is 1. The largest absolute Gasteiger partial charge is 0.292 e. The first-order valence-corrected chi connectivity index (χ1v) is 10.0. The lowest BCUT2D eigenvalue weighted by Crippen LogP contribution is -2.15. The minimum Gasteiger partial charge on any atom is -0.292 e. The number of carbonyl (C=O) groups is 2. The van der Waals surface area contributed by atoms with Crippen LogP contribution < -0.4 is 5.01 Å². The number of fused-ring (bicyclic) bond motifs is 1. The molecule has 0 radical (unpaired) electrons. The molecule has 0 saturated heterocycles. The van der Waals surface area contributed by atoms with E-state index in [2.05, 4.69) is 5.10 Å². The summed E-state index contributed by atoms with van der Waals surface area (Å²) in [5.41, 5.74) is 3.47. The standard InChI is InChI=1S/C22H20N2O2S/c1-2-19(25)21-23-24(16-11-4-3-5-12-16)22(27-21)18-14-8-10-15-9-6-7-13-17(15)20(18)26/h3-7,9,11-13H,2,8,10,14H2,1H3/b22-18-. The Balaban J connectivity index is 1.83. The first-order valence-electron chi connectivity index (χ1n) is 9.19. The van der Waals surface area contributed by atoms with Gasteiger partial charge in [-0.3, -0.25) is 9.59 Å². The van der Waals surface area contributed by atoms with E-state index in [0.717, 1.165) is 40.3 Å². The van der Waals surface area contributed by atoms with Crippen LogP contribution >= 0.6 is 11.8 Å². The Morgan fingerprint density at radius 1 is 1.07 bits per heavy atom. The molecule has 4 nitrogen and oxygen atoms in total. The van der Waals surface area contributed by atoms with Gasteiger partial charge in [-0.1, -0.05) is 49.4 Å². The molecule has 4 rings (SSSR count). The van der Waals surface area contributed by atoms with Crippen molar-refractivity contribution < 1.29 is 9.59 Å². The molecule has 0 amide bonds. The van der Waals surface area contributed by atoms with Crippen LogP contribution in [-0.2, 0) is 11.2 Å². The molecule has 2 aromatic carbocycles. The van der Waals surface area contributed by atoms with Crippen LogP contribution in [0.5, 0.6) is 0 Å². The lowest BCUT2D eigenvalue weighted by Gasteiger charge is -2.18. The fraction of sp³-hybridized carbons (Fsp3) is 0.227. The monoisotopic (exact) mass is 376 g/mol. The number of carbonyl (C=O) groups excluding carboxylic acids is 2. The van der Waals surface area contributed by atoms with Gasteiger partial charge in [0.05, 0.1) is 5.69 Å². The molecule has 0 spiro atoms. The molecule has 1 aliphatic heterocycles. The van der Waals surface area contributed by atoms with Crippen LogP contribution in [0.3, 0.4) is 0 Å². The molecule has 1 heterocycles. The normalized spacial score (nSPS) is 19.5. The summed E-state index contributed by atoms with van der Waals surface area (Å²) in [6.07, 6.45) is 2.87. The van der Waals surface area contributed by atoms with Crippen LogP contribution in [0.25, 0.3) is 0 Å². The van der Waals surface area contributed by atoms with E-state index in [1.54, 1.807) is 5.01 Å². The summed E-state index contributed by atoms with van der Waals surface area (Å²) in [6, 6.07) is 17.5. The Morgan fingerprint density at radius 3 is 2.59 bits per heavy atom. The number of Topliss-reactive ketones (excluding diaryl/α,β-unsaturated/α-hetero) is 2. The molecular formula is C22H20N2O2S. The van der Waals surface area contributed by atoms with E-state index < -0.39 is 0 Å². The molecule has 2 aromatic rings. The summed E-state index contributed by atoms with van der Waals surface area (Å²) in [5.74, 6) is 0.0462. The topological polar surface area (TPSA) is 49.7 Å². The van der Waals surface area contributed by atoms with Crippen LogP contribution in [0, 0.1) is 0 Å². The Hall–Kier alpha value is -2.66. The number of nitrogens with zero attached hydrogens (tertiary/aromatic N) is 2. The molecule has 0 unspecified atom stereocenters. The van der Waals surface area contributed by atoms with Crippen molar-refractivity contribution >= 4 is 34.1 Å². The molecule has 27 heavy (non-hydrogen) atoms. The van der Waals surface area contributed by atoms with E-state index in [-0.39, 0.29) is 11.6 Å². The average Bonchev–Trinajstić information content (AvgIpc) is 3.09. The number of aryl methyl sites for hydroxylation is 1. The molecule has 0 fully saturated rings. The minimum absolute atomic E-state index is 0.00185. The molecule has 0 atom stereocenters. The van der Waals surface area contributed by atoms with Gasteiger partial charge < -0.3 is 0 Å². The maximum atomic E-state index is 13.3. The van der Waals surface area contributed by atoms with Gasteiger partial charge in [-0.2, -0.15) is 5.10 Å². The molecule has 2 aliphatic rings. The fourth-order valence-corrected chi connectivity index (χ4v) is 4.50. The zero-order valence-electron chi connectivity index (χ0n) is 15.1. The first-order chi connectivity index (χ1) is 13.2. The Morgan fingerprint density at radius 2 is 1.81 bits per heavy atom. The number of para-hydroxylation sites is 1. The minimum atomic E-state index is -0.00185. The number of anilines is 1. The Kier molecular flexibility index (Phi) is 4.94. The summed E-state index contributed by atoms with van der Waals surface area (Å²) in [5, 5.41) is 7.54. The highest BCUT2D eigenvalue weighted by Gasteiger charge is 2.33. The highest BCUT2D eigenvalue weighted by Crippen LogP contribution is 2.40. The zero-order chi connectivity index (χ0) is 18.8. The zero-order valence-corrected chi connectivity index (χ0v) is 16.0. The van der Waals surface area contributed by atoms with Crippen LogP contribution in [0.15, 0.2) is 70.3 Å². The van der Waals surface area contributed by atoms with Crippen LogP contribution in [0.2, 0.25) is 0 Å². The summed E-state index contributed by atoms with van der Waals surface area (Å²) >= 11 is 1.33. The van der Waals surface area contributed by atoms with Crippen LogP contribution in [0.4, 0.5) is 5.69 Å². The number of allylic oxidation sites excluding steroid dienone is 1. The van der Waals surface area contributed by atoms with E-state index in [1.165, 1.54) is 11.8 Å². The average molecular weight is 376 g/mol. The lowest BCUT2D eigenvalue weighted by atomic mass is 10.0. The second-order valence-corrected chi connectivity index (χ2v) is 7.53. The first kappa shape index (κ1) is 17.7. The molecule has 136 valence electrons. The Labute approximate surface area is 163 Å². The molecule has 0 bridgehead atoms. The highest BCUT2D eigenvalue weighted by molar-refractivity contribution is 8.19.